The monoisotopic (exact) mass is 373 g/mol. The van der Waals surface area contributed by atoms with Crippen molar-refractivity contribution in [3.8, 4) is 17.2 Å². The molecule has 0 atom stereocenters. The van der Waals surface area contributed by atoms with E-state index >= 15 is 0 Å². The summed E-state index contributed by atoms with van der Waals surface area (Å²) >= 11 is 6.54. The second-order valence-corrected chi connectivity index (χ2v) is 6.82. The number of methoxy groups -OCH3 is 2. The minimum atomic E-state index is -0.238. The van der Waals surface area contributed by atoms with Crippen molar-refractivity contribution in [3.05, 3.63) is 52.9 Å². The van der Waals surface area contributed by atoms with Gasteiger partial charge in [-0.1, -0.05) is 30.0 Å². The molecule has 0 bridgehead atoms. The van der Waals surface area contributed by atoms with Crippen molar-refractivity contribution in [1.29, 1.82) is 0 Å². The third-order valence-corrected chi connectivity index (χ3v) is 4.91. The fourth-order valence-electron chi connectivity index (χ4n) is 2.40. The number of rotatable bonds is 4. The molecule has 1 N–H and O–H groups in total. The van der Waals surface area contributed by atoms with Crippen LogP contribution in [0.4, 0.5) is 5.69 Å². The summed E-state index contributed by atoms with van der Waals surface area (Å²) in [4.78, 5) is 14.6. The smallest absolute Gasteiger partial charge is 0.270 e. The molecule has 0 unspecified atom stereocenters. The first-order valence-corrected chi connectivity index (χ1v) is 8.55. The van der Waals surface area contributed by atoms with E-state index < -0.39 is 0 Å². The lowest BCUT2D eigenvalue weighted by molar-refractivity contribution is -0.113. The molecule has 128 valence electrons. The van der Waals surface area contributed by atoms with Crippen LogP contribution < -0.4 is 14.4 Å². The topological polar surface area (TPSA) is 59.0 Å². The summed E-state index contributed by atoms with van der Waals surface area (Å²) in [6, 6.07) is 11.8. The number of carbonyl (C=O) groups excluding carboxylic acids is 1. The van der Waals surface area contributed by atoms with Gasteiger partial charge in [0.1, 0.15) is 17.2 Å². The molecular weight excluding hydrogens is 358 g/mol. The maximum absolute atomic E-state index is 12.8. The Labute approximate surface area is 154 Å². The molecule has 0 spiro atoms. The van der Waals surface area contributed by atoms with E-state index in [1.165, 1.54) is 22.7 Å². The summed E-state index contributed by atoms with van der Waals surface area (Å²) in [5.41, 5.74) is 1.28. The summed E-state index contributed by atoms with van der Waals surface area (Å²) in [7, 11) is 3.14. The minimum absolute atomic E-state index is 0.0763. The van der Waals surface area contributed by atoms with Crippen LogP contribution in [0, 0.1) is 0 Å². The van der Waals surface area contributed by atoms with Gasteiger partial charge in [-0.2, -0.15) is 0 Å². The molecule has 0 radical (unpaired) electrons. The Morgan fingerprint density at radius 2 is 1.96 bits per heavy atom. The number of hydrogen-bond acceptors (Lipinski definition) is 6. The van der Waals surface area contributed by atoms with E-state index in [1.54, 1.807) is 50.6 Å². The largest absolute Gasteiger partial charge is 0.508 e. The van der Waals surface area contributed by atoms with Gasteiger partial charge in [-0.3, -0.25) is 9.69 Å². The minimum Gasteiger partial charge on any atom is -0.508 e. The fourth-order valence-corrected chi connectivity index (χ4v) is 3.69. The van der Waals surface area contributed by atoms with Crippen molar-refractivity contribution >= 4 is 46.0 Å². The quantitative estimate of drug-likeness (QED) is 0.650. The van der Waals surface area contributed by atoms with Crippen LogP contribution in [-0.4, -0.2) is 29.6 Å². The zero-order chi connectivity index (χ0) is 18.0. The molecule has 1 amide bonds. The first-order valence-electron chi connectivity index (χ1n) is 7.32. The summed E-state index contributed by atoms with van der Waals surface area (Å²) in [5.74, 6) is 1.11. The lowest BCUT2D eigenvalue weighted by Crippen LogP contribution is -2.27. The molecule has 3 rings (SSSR count). The average Bonchev–Trinajstić information content (AvgIpc) is 2.88. The van der Waals surface area contributed by atoms with Crippen LogP contribution in [0.3, 0.4) is 0 Å². The Morgan fingerprint density at radius 1 is 1.16 bits per heavy atom. The molecule has 1 saturated heterocycles. The molecule has 2 aromatic rings. The standard InChI is InChI=1S/C18H15NO4S2/c1-22-14-7-6-11(15(10-14)23-2)8-16-17(21)19(18(24)25-16)12-4-3-5-13(20)9-12/h3-10,20H,1-2H3. The summed E-state index contributed by atoms with van der Waals surface area (Å²) in [6.07, 6.45) is 1.74. The third-order valence-electron chi connectivity index (χ3n) is 3.61. The molecule has 1 aliphatic heterocycles. The van der Waals surface area contributed by atoms with Crippen LogP contribution in [0.2, 0.25) is 0 Å². The Hall–Kier alpha value is -2.51. The normalized spacial score (nSPS) is 15.8. The second kappa shape index (κ2) is 7.16. The number of aromatic hydroxyl groups is 1. The molecule has 0 aromatic heterocycles. The maximum Gasteiger partial charge on any atom is 0.270 e. The zero-order valence-electron chi connectivity index (χ0n) is 13.6. The van der Waals surface area contributed by atoms with Gasteiger partial charge in [-0.15, -0.1) is 0 Å². The number of carbonyl (C=O) groups is 1. The Kier molecular flexibility index (Phi) is 4.96. The number of benzene rings is 2. The van der Waals surface area contributed by atoms with Crippen LogP contribution >= 0.6 is 24.0 Å². The summed E-state index contributed by atoms with van der Waals surface area (Å²) < 4.78 is 11.0. The van der Waals surface area contributed by atoms with Gasteiger partial charge in [0, 0.05) is 17.7 Å². The highest BCUT2D eigenvalue weighted by molar-refractivity contribution is 8.27. The number of amides is 1. The fraction of sp³-hybridized carbons (Fsp3) is 0.111. The van der Waals surface area contributed by atoms with E-state index in [1.807, 2.05) is 6.07 Å². The molecule has 7 heteroatoms. The Morgan fingerprint density at radius 3 is 2.64 bits per heavy atom. The van der Waals surface area contributed by atoms with Gasteiger partial charge >= 0.3 is 0 Å². The second-order valence-electron chi connectivity index (χ2n) is 5.14. The maximum atomic E-state index is 12.8. The Balaban J connectivity index is 1.96. The number of thioether (sulfide) groups is 1. The lowest BCUT2D eigenvalue weighted by Gasteiger charge is -2.14. The van der Waals surface area contributed by atoms with Crippen molar-refractivity contribution < 1.29 is 19.4 Å². The van der Waals surface area contributed by atoms with E-state index in [4.69, 9.17) is 21.7 Å². The van der Waals surface area contributed by atoms with Gasteiger partial charge < -0.3 is 14.6 Å². The average molecular weight is 373 g/mol. The zero-order valence-corrected chi connectivity index (χ0v) is 15.2. The first kappa shape index (κ1) is 17.3. The number of hydrogen-bond donors (Lipinski definition) is 1. The van der Waals surface area contributed by atoms with Crippen LogP contribution in [0.5, 0.6) is 17.2 Å². The van der Waals surface area contributed by atoms with Crippen molar-refractivity contribution in [2.24, 2.45) is 0 Å². The van der Waals surface area contributed by atoms with Crippen molar-refractivity contribution in [2.75, 3.05) is 19.1 Å². The highest BCUT2D eigenvalue weighted by Crippen LogP contribution is 2.38. The van der Waals surface area contributed by atoms with E-state index in [-0.39, 0.29) is 11.7 Å². The van der Waals surface area contributed by atoms with Crippen LogP contribution in [-0.2, 0) is 4.79 Å². The molecule has 1 fully saturated rings. The molecule has 0 saturated carbocycles. The number of phenolic OH excluding ortho intramolecular Hbond substituents is 1. The van der Waals surface area contributed by atoms with Crippen LogP contribution in [0.15, 0.2) is 47.4 Å². The molecule has 25 heavy (non-hydrogen) atoms. The van der Waals surface area contributed by atoms with Gasteiger partial charge in [0.15, 0.2) is 4.32 Å². The first-order chi connectivity index (χ1) is 12.0. The van der Waals surface area contributed by atoms with Gasteiger partial charge in [0.25, 0.3) is 5.91 Å². The van der Waals surface area contributed by atoms with Gasteiger partial charge in [-0.25, -0.2) is 0 Å². The number of nitrogens with zero attached hydrogens (tertiary/aromatic N) is 1. The van der Waals surface area contributed by atoms with Crippen molar-refractivity contribution in [3.63, 3.8) is 0 Å². The highest BCUT2D eigenvalue weighted by atomic mass is 32.2. The SMILES string of the molecule is COc1ccc(C=C2SC(=S)N(c3cccc(O)c3)C2=O)c(OC)c1. The molecule has 5 nitrogen and oxygen atoms in total. The molecule has 1 aliphatic rings. The summed E-state index contributed by atoms with van der Waals surface area (Å²) in [6.45, 7) is 0. The molecule has 0 aliphatic carbocycles. The van der Waals surface area contributed by atoms with E-state index in [0.29, 0.717) is 26.4 Å². The van der Waals surface area contributed by atoms with Crippen molar-refractivity contribution in [2.45, 2.75) is 0 Å². The molecule has 2 aromatic carbocycles. The van der Waals surface area contributed by atoms with Crippen LogP contribution in [0.1, 0.15) is 5.56 Å². The van der Waals surface area contributed by atoms with Gasteiger partial charge in [-0.05, 0) is 30.3 Å². The van der Waals surface area contributed by atoms with Gasteiger partial charge in [0.05, 0.1) is 24.8 Å². The number of phenols is 1. The van der Waals surface area contributed by atoms with E-state index in [2.05, 4.69) is 0 Å². The van der Waals surface area contributed by atoms with Crippen LogP contribution in [0.25, 0.3) is 6.08 Å². The van der Waals surface area contributed by atoms with E-state index in [9.17, 15) is 9.90 Å². The predicted octanol–water partition coefficient (Wildman–Crippen LogP) is 3.82. The number of thiocarbonyl (C=S) groups is 1. The number of ether oxygens (including phenoxy) is 2. The van der Waals surface area contributed by atoms with Crippen molar-refractivity contribution in [1.82, 2.24) is 0 Å². The van der Waals surface area contributed by atoms with E-state index in [0.717, 1.165) is 5.56 Å². The molecular formula is C18H15NO4S2. The lowest BCUT2D eigenvalue weighted by atomic mass is 10.1. The highest BCUT2D eigenvalue weighted by Gasteiger charge is 2.33. The predicted molar refractivity (Wildman–Crippen MR) is 103 cm³/mol. The third kappa shape index (κ3) is 3.47. The van der Waals surface area contributed by atoms with Gasteiger partial charge in [0.2, 0.25) is 0 Å². The Bertz CT molecular complexity index is 879. The number of anilines is 1. The molecule has 1 heterocycles. The summed E-state index contributed by atoms with van der Waals surface area (Å²) in [5, 5.41) is 9.63.